The summed E-state index contributed by atoms with van der Waals surface area (Å²) in [5, 5.41) is 7.05. The molecule has 1 saturated heterocycles. The van der Waals surface area contributed by atoms with Crippen LogP contribution in [0.2, 0.25) is 0 Å². The van der Waals surface area contributed by atoms with Crippen molar-refractivity contribution in [2.24, 2.45) is 5.41 Å². The predicted molar refractivity (Wildman–Crippen MR) is 71.5 cm³/mol. The Hall–Kier alpha value is -2.02. The molecule has 106 valence electrons. The summed E-state index contributed by atoms with van der Waals surface area (Å²) in [5.74, 6) is 0.321. The van der Waals surface area contributed by atoms with Crippen molar-refractivity contribution >= 4 is 11.7 Å². The molecule has 20 heavy (non-hydrogen) atoms. The quantitative estimate of drug-likeness (QED) is 0.882. The zero-order valence-corrected chi connectivity index (χ0v) is 11.8. The highest BCUT2D eigenvalue weighted by molar-refractivity contribution is 5.90. The van der Waals surface area contributed by atoms with Gasteiger partial charge >= 0.3 is 0 Å². The van der Waals surface area contributed by atoms with Crippen LogP contribution in [0, 0.1) is 19.3 Å². The monoisotopic (exact) mass is 275 g/mol. The van der Waals surface area contributed by atoms with E-state index in [4.69, 9.17) is 4.74 Å². The van der Waals surface area contributed by atoms with Gasteiger partial charge in [-0.1, -0.05) is 6.92 Å². The minimum atomic E-state index is -0.277. The Morgan fingerprint density at radius 2 is 2.20 bits per heavy atom. The molecule has 0 atom stereocenters. The van der Waals surface area contributed by atoms with Crippen LogP contribution in [0.4, 0.5) is 0 Å². The molecule has 2 aromatic rings. The molecule has 2 aromatic heterocycles. The highest BCUT2D eigenvalue weighted by Gasteiger charge is 2.34. The van der Waals surface area contributed by atoms with Crippen molar-refractivity contribution in [3.8, 4) is 0 Å². The van der Waals surface area contributed by atoms with E-state index in [1.807, 2.05) is 19.9 Å². The van der Waals surface area contributed by atoms with Gasteiger partial charge in [-0.2, -0.15) is 4.98 Å². The largest absolute Gasteiger partial charge is 0.380 e. The number of aryl methyl sites for hydroxylation is 2. The normalized spacial score (nSPS) is 16.9. The first-order valence-electron chi connectivity index (χ1n) is 6.54. The van der Waals surface area contributed by atoms with E-state index < -0.39 is 0 Å². The molecule has 1 N–H and O–H groups in total. The Morgan fingerprint density at radius 1 is 1.45 bits per heavy atom. The predicted octanol–water partition coefficient (Wildman–Crippen LogP) is 0.507. The van der Waals surface area contributed by atoms with E-state index in [2.05, 4.69) is 27.3 Å². The third-order valence-corrected chi connectivity index (χ3v) is 3.40. The standard InChI is InChI=1S/C13H17N5O2/c1-8-4-9(2)18-12(15-8)16-10(17-18)11(19)14-5-13(3)6-20-7-13/h4H,5-7H2,1-3H3,(H,14,19). The summed E-state index contributed by atoms with van der Waals surface area (Å²) < 4.78 is 6.74. The smallest absolute Gasteiger partial charge is 0.291 e. The molecular weight excluding hydrogens is 258 g/mol. The Balaban J connectivity index is 1.79. The number of amides is 1. The van der Waals surface area contributed by atoms with Gasteiger partial charge in [-0.05, 0) is 19.9 Å². The molecule has 1 amide bonds. The van der Waals surface area contributed by atoms with Crippen molar-refractivity contribution in [1.29, 1.82) is 0 Å². The van der Waals surface area contributed by atoms with Gasteiger partial charge in [0.1, 0.15) is 0 Å². The maximum absolute atomic E-state index is 12.1. The number of aromatic nitrogens is 4. The number of carbonyl (C=O) groups excluding carboxylic acids is 1. The SMILES string of the molecule is Cc1cc(C)n2nc(C(=O)NCC3(C)COC3)nc2n1. The van der Waals surface area contributed by atoms with Crippen molar-refractivity contribution in [3.63, 3.8) is 0 Å². The third-order valence-electron chi connectivity index (χ3n) is 3.40. The van der Waals surface area contributed by atoms with Gasteiger partial charge < -0.3 is 10.1 Å². The molecule has 1 aliphatic rings. The number of nitrogens with one attached hydrogen (secondary N) is 1. The molecular formula is C13H17N5O2. The van der Waals surface area contributed by atoms with Crippen LogP contribution in [0.15, 0.2) is 6.07 Å². The summed E-state index contributed by atoms with van der Waals surface area (Å²) in [4.78, 5) is 20.5. The second kappa shape index (κ2) is 4.52. The van der Waals surface area contributed by atoms with Crippen molar-refractivity contribution in [1.82, 2.24) is 24.9 Å². The van der Waals surface area contributed by atoms with Crippen LogP contribution in [0.3, 0.4) is 0 Å². The maximum Gasteiger partial charge on any atom is 0.291 e. The van der Waals surface area contributed by atoms with E-state index in [0.717, 1.165) is 11.4 Å². The molecule has 7 nitrogen and oxygen atoms in total. The summed E-state index contributed by atoms with van der Waals surface area (Å²) in [6.07, 6.45) is 0. The molecule has 3 rings (SSSR count). The van der Waals surface area contributed by atoms with E-state index in [1.165, 1.54) is 0 Å². The molecule has 3 heterocycles. The first kappa shape index (κ1) is 13.0. The van der Waals surface area contributed by atoms with E-state index in [0.29, 0.717) is 25.5 Å². The zero-order chi connectivity index (χ0) is 14.3. The number of nitrogens with zero attached hydrogens (tertiary/aromatic N) is 4. The van der Waals surface area contributed by atoms with Crippen LogP contribution < -0.4 is 5.32 Å². The molecule has 0 saturated carbocycles. The van der Waals surface area contributed by atoms with E-state index in [-0.39, 0.29) is 17.1 Å². The molecule has 7 heteroatoms. The van der Waals surface area contributed by atoms with Crippen LogP contribution >= 0.6 is 0 Å². The fraction of sp³-hybridized carbons (Fsp3) is 0.538. The molecule has 0 unspecified atom stereocenters. The van der Waals surface area contributed by atoms with Crippen LogP contribution in [0.1, 0.15) is 28.9 Å². The van der Waals surface area contributed by atoms with E-state index in [9.17, 15) is 4.79 Å². The number of fused-ring (bicyclic) bond motifs is 1. The Morgan fingerprint density at radius 3 is 2.85 bits per heavy atom. The van der Waals surface area contributed by atoms with Crippen LogP contribution in [0.5, 0.6) is 0 Å². The zero-order valence-electron chi connectivity index (χ0n) is 11.8. The van der Waals surface area contributed by atoms with Gasteiger partial charge in [0.2, 0.25) is 5.82 Å². The Bertz CT molecular complexity index is 675. The highest BCUT2D eigenvalue weighted by Crippen LogP contribution is 2.25. The average Bonchev–Trinajstić information content (AvgIpc) is 2.77. The number of ether oxygens (including phenoxy) is 1. The number of rotatable bonds is 3. The summed E-state index contributed by atoms with van der Waals surface area (Å²) in [6, 6.07) is 1.90. The first-order valence-corrected chi connectivity index (χ1v) is 6.54. The summed E-state index contributed by atoms with van der Waals surface area (Å²) in [6.45, 7) is 7.77. The first-order chi connectivity index (χ1) is 9.47. The van der Waals surface area contributed by atoms with Gasteiger partial charge in [0.25, 0.3) is 11.7 Å². The number of hydrogen-bond acceptors (Lipinski definition) is 5. The topological polar surface area (TPSA) is 81.4 Å². The van der Waals surface area contributed by atoms with Gasteiger partial charge in [-0.15, -0.1) is 5.10 Å². The lowest BCUT2D eigenvalue weighted by atomic mass is 9.89. The number of carbonyl (C=O) groups is 1. The molecule has 0 aromatic carbocycles. The van der Waals surface area contributed by atoms with Crippen molar-refractivity contribution in [3.05, 3.63) is 23.3 Å². The second-order valence-electron chi connectivity index (χ2n) is 5.67. The molecule has 1 fully saturated rings. The lowest BCUT2D eigenvalue weighted by molar-refractivity contribution is -0.0978. The van der Waals surface area contributed by atoms with Crippen molar-refractivity contribution < 1.29 is 9.53 Å². The van der Waals surface area contributed by atoms with Gasteiger partial charge in [-0.3, -0.25) is 4.79 Å². The van der Waals surface area contributed by atoms with Crippen molar-refractivity contribution in [2.75, 3.05) is 19.8 Å². The molecule has 0 bridgehead atoms. The minimum absolute atomic E-state index is 0.0274. The van der Waals surface area contributed by atoms with Gasteiger partial charge in [-0.25, -0.2) is 9.50 Å². The Labute approximate surface area is 116 Å². The number of hydrogen-bond donors (Lipinski definition) is 1. The fourth-order valence-corrected chi connectivity index (χ4v) is 2.19. The molecule has 0 radical (unpaired) electrons. The lowest BCUT2D eigenvalue weighted by Crippen LogP contribution is -2.48. The summed E-state index contributed by atoms with van der Waals surface area (Å²) >= 11 is 0. The van der Waals surface area contributed by atoms with Gasteiger partial charge in [0, 0.05) is 23.3 Å². The van der Waals surface area contributed by atoms with Crippen LogP contribution in [-0.2, 0) is 4.74 Å². The highest BCUT2D eigenvalue weighted by atomic mass is 16.5. The summed E-state index contributed by atoms with van der Waals surface area (Å²) in [5.41, 5.74) is 1.78. The maximum atomic E-state index is 12.1. The fourth-order valence-electron chi connectivity index (χ4n) is 2.19. The van der Waals surface area contributed by atoms with Crippen LogP contribution in [0.25, 0.3) is 5.78 Å². The lowest BCUT2D eigenvalue weighted by Gasteiger charge is -2.37. The van der Waals surface area contributed by atoms with Crippen molar-refractivity contribution in [2.45, 2.75) is 20.8 Å². The average molecular weight is 275 g/mol. The summed E-state index contributed by atoms with van der Waals surface area (Å²) in [7, 11) is 0. The molecule has 0 spiro atoms. The second-order valence-corrected chi connectivity index (χ2v) is 5.67. The van der Waals surface area contributed by atoms with Gasteiger partial charge in [0.15, 0.2) is 0 Å². The van der Waals surface area contributed by atoms with E-state index in [1.54, 1.807) is 4.52 Å². The Kier molecular flexibility index (Phi) is 2.93. The van der Waals surface area contributed by atoms with Gasteiger partial charge in [0.05, 0.1) is 13.2 Å². The van der Waals surface area contributed by atoms with E-state index >= 15 is 0 Å². The third kappa shape index (κ3) is 2.24. The molecule has 1 aliphatic heterocycles. The minimum Gasteiger partial charge on any atom is -0.380 e. The molecule has 0 aliphatic carbocycles. The van der Waals surface area contributed by atoms with Crippen LogP contribution in [-0.4, -0.2) is 45.2 Å².